The summed E-state index contributed by atoms with van der Waals surface area (Å²) in [7, 11) is 0. The summed E-state index contributed by atoms with van der Waals surface area (Å²) in [5.41, 5.74) is -6.87. The number of benzene rings is 3. The van der Waals surface area contributed by atoms with Crippen LogP contribution in [0.1, 0.15) is 93.6 Å². The fraction of sp³-hybridized carbons (Fsp3) is 0.481. The first-order valence-corrected chi connectivity index (χ1v) is 24.4. The lowest BCUT2D eigenvalue weighted by Crippen LogP contribution is -2.82. The van der Waals surface area contributed by atoms with Crippen molar-refractivity contribution in [1.82, 2.24) is 5.32 Å². The highest BCUT2D eigenvalue weighted by Gasteiger charge is 2.78. The third kappa shape index (κ3) is 9.45. The first-order chi connectivity index (χ1) is 33.2. The van der Waals surface area contributed by atoms with Gasteiger partial charge in [0.25, 0.3) is 5.91 Å². The van der Waals surface area contributed by atoms with Gasteiger partial charge in [0.05, 0.1) is 42.2 Å². The Labute approximate surface area is 410 Å². The van der Waals surface area contributed by atoms with Gasteiger partial charge < -0.3 is 48.3 Å². The Kier molecular flexibility index (Phi) is 15.3. The van der Waals surface area contributed by atoms with Crippen LogP contribution in [-0.4, -0.2) is 120 Å². The summed E-state index contributed by atoms with van der Waals surface area (Å²) in [4.78, 5) is 99.4. The summed E-state index contributed by atoms with van der Waals surface area (Å²) in [5, 5.41) is 16.9. The van der Waals surface area contributed by atoms with E-state index in [0.717, 1.165) is 6.92 Å². The topological polar surface area (TPSA) is 226 Å². The molecule has 374 valence electrons. The third-order valence-corrected chi connectivity index (χ3v) is 14.7. The zero-order valence-electron chi connectivity index (χ0n) is 40.3. The first kappa shape index (κ1) is 51.8. The second-order valence-corrected chi connectivity index (χ2v) is 19.5. The van der Waals surface area contributed by atoms with E-state index >= 15 is 9.59 Å². The molecule has 1 heterocycles. The SMILES string of the molecule is CCOC(=O)O[C@@H](C(=O)O[C@H]1C[C@@]2(O)C(OC(=O)c3ccccc3)C3[C@](C)(C(=O)[C@H](OC(C)=O)C(=C1C)C2(C)C)[C@@H](OCSC)C[C@H]1OC[C@@]31OC(C)=O)[C@@H](N[14C](=O)c1ccccc1)c1ccccc1. The molecule has 1 aliphatic heterocycles. The van der Waals surface area contributed by atoms with E-state index in [0.29, 0.717) is 5.56 Å². The Hall–Kier alpha value is -6.08. The van der Waals surface area contributed by atoms with Crippen molar-refractivity contribution >= 4 is 53.5 Å². The molecule has 4 aliphatic rings. The summed E-state index contributed by atoms with van der Waals surface area (Å²) in [6.07, 6.45) is -9.08. The zero-order valence-corrected chi connectivity index (χ0v) is 41.1. The van der Waals surface area contributed by atoms with Crippen molar-refractivity contribution in [2.24, 2.45) is 16.7 Å². The van der Waals surface area contributed by atoms with Gasteiger partial charge in [0, 0.05) is 37.7 Å². The van der Waals surface area contributed by atoms with Crippen LogP contribution in [0.15, 0.2) is 102 Å². The number of ketones is 1. The van der Waals surface area contributed by atoms with Crippen LogP contribution in [0.3, 0.4) is 0 Å². The number of rotatable bonds is 15. The highest BCUT2D eigenvalue weighted by atomic mass is 32.2. The van der Waals surface area contributed by atoms with E-state index in [1.807, 2.05) is 0 Å². The lowest BCUT2D eigenvalue weighted by Gasteiger charge is -2.67. The van der Waals surface area contributed by atoms with Crippen LogP contribution in [-0.2, 0) is 57.1 Å². The summed E-state index contributed by atoms with van der Waals surface area (Å²) >= 11 is 1.33. The molecule has 70 heavy (non-hydrogen) atoms. The number of thioether (sulfide) groups is 1. The predicted octanol–water partition coefficient (Wildman–Crippen LogP) is 6.26. The highest BCUT2D eigenvalue weighted by Crippen LogP contribution is 2.65. The minimum absolute atomic E-state index is 0.0179. The fourth-order valence-corrected chi connectivity index (χ4v) is 11.2. The molecule has 18 heteroatoms. The largest absolute Gasteiger partial charge is 0.509 e. The van der Waals surface area contributed by atoms with E-state index in [1.54, 1.807) is 113 Å². The number of nitrogens with one attached hydrogen (secondary N) is 1. The van der Waals surface area contributed by atoms with Crippen LogP contribution < -0.4 is 5.32 Å². The third-order valence-electron chi connectivity index (χ3n) is 14.3. The monoisotopic (exact) mass is 987 g/mol. The van der Waals surface area contributed by atoms with Gasteiger partial charge in [0.1, 0.15) is 30.0 Å². The number of ether oxygens (including phenoxy) is 8. The molecule has 0 radical (unpaired) electrons. The van der Waals surface area contributed by atoms with Gasteiger partial charge in [-0.15, -0.1) is 11.8 Å². The van der Waals surface area contributed by atoms with Gasteiger partial charge in [-0.3, -0.25) is 19.2 Å². The Morgan fingerprint density at radius 2 is 1.53 bits per heavy atom. The first-order valence-electron chi connectivity index (χ1n) is 23.0. The molecule has 3 aliphatic carbocycles. The van der Waals surface area contributed by atoms with E-state index in [1.165, 1.54) is 37.7 Å². The van der Waals surface area contributed by atoms with Crippen molar-refractivity contribution in [2.45, 2.75) is 115 Å². The molecule has 0 aromatic heterocycles. The summed E-state index contributed by atoms with van der Waals surface area (Å²) in [6, 6.07) is 22.9. The lowest BCUT2D eigenvalue weighted by molar-refractivity contribution is -0.347. The molecule has 0 spiro atoms. The van der Waals surface area contributed by atoms with E-state index in [-0.39, 0.29) is 47.8 Å². The number of hydrogen-bond acceptors (Lipinski definition) is 17. The maximum absolute atomic E-state index is 16.1. The lowest BCUT2D eigenvalue weighted by atomic mass is 9.44. The van der Waals surface area contributed by atoms with Gasteiger partial charge in [-0.2, -0.15) is 0 Å². The number of aliphatic hydroxyl groups is 1. The van der Waals surface area contributed by atoms with Crippen molar-refractivity contribution in [2.75, 3.05) is 25.4 Å². The molecule has 11 atom stereocenters. The number of fused-ring (bicyclic) bond motifs is 5. The minimum Gasteiger partial charge on any atom is -0.455 e. The number of esters is 4. The highest BCUT2D eigenvalue weighted by molar-refractivity contribution is 7.98. The van der Waals surface area contributed by atoms with Gasteiger partial charge in [0.15, 0.2) is 17.5 Å². The molecule has 2 N–H and O–H groups in total. The Balaban J connectivity index is 1.44. The Morgan fingerprint density at radius 3 is 2.10 bits per heavy atom. The van der Waals surface area contributed by atoms with Gasteiger partial charge in [-0.05, 0) is 68.0 Å². The number of amides is 1. The molecule has 17 nitrogen and oxygen atoms in total. The number of hydrogen-bond donors (Lipinski definition) is 2. The molecule has 2 unspecified atom stereocenters. The van der Waals surface area contributed by atoms with Gasteiger partial charge in [0.2, 0.25) is 6.10 Å². The second kappa shape index (κ2) is 20.7. The summed E-state index contributed by atoms with van der Waals surface area (Å²) < 4.78 is 48.7. The number of carbonyl (C=O) groups excluding carboxylic acids is 7. The van der Waals surface area contributed by atoms with Crippen LogP contribution in [0.4, 0.5) is 4.79 Å². The van der Waals surface area contributed by atoms with E-state index < -0.39 is 119 Å². The molecule has 3 aromatic rings. The second-order valence-electron chi connectivity index (χ2n) is 18.7. The quantitative estimate of drug-likeness (QED) is 0.0741. The zero-order chi connectivity index (χ0) is 50.8. The van der Waals surface area contributed by atoms with Crippen molar-refractivity contribution in [3.63, 3.8) is 0 Å². The molecule has 2 saturated carbocycles. The molecular formula is C52H59NO16S. The average molecular weight is 988 g/mol. The molecule has 7 rings (SSSR count). The van der Waals surface area contributed by atoms with Crippen molar-refractivity contribution in [1.29, 1.82) is 0 Å². The molecule has 1 amide bonds. The van der Waals surface area contributed by atoms with Gasteiger partial charge in [-0.1, -0.05) is 80.6 Å². The van der Waals surface area contributed by atoms with Crippen molar-refractivity contribution in [3.05, 3.63) is 119 Å². The molecule has 3 aromatic carbocycles. The fourth-order valence-electron chi connectivity index (χ4n) is 10.9. The summed E-state index contributed by atoms with van der Waals surface area (Å²) in [6.45, 7) is 9.73. The van der Waals surface area contributed by atoms with Gasteiger partial charge >= 0.3 is 30.0 Å². The standard InChI is InChI=1S/C52H59NO16S/c1-9-62-48(60)67-41(39(32-19-13-10-14-20-32)53-45(57)33-21-15-11-16-22-33)47(59)66-35-26-52(61)44(68-46(58)34-23-17-12-18-24-34)42-50(7,43(56)40(65-30(3)54)38(29(35)2)49(52,5)6)36(64-28-70-8)25-37-51(42,27-63-37)69-31(4)55/h10-24,35-37,39-42,44,61H,9,25-28H2,1-8H3,(H,53,57)/t35-,36-,37+,39-,40+,41+,42?,44?,50+,51-,52+/m0/s1/i45+2. The molecule has 1 saturated heterocycles. The van der Waals surface area contributed by atoms with Crippen LogP contribution in [0, 0.1) is 16.7 Å². The van der Waals surface area contributed by atoms with E-state index in [2.05, 4.69) is 5.32 Å². The summed E-state index contributed by atoms with van der Waals surface area (Å²) in [5.74, 6) is -6.51. The predicted molar refractivity (Wildman–Crippen MR) is 251 cm³/mol. The van der Waals surface area contributed by atoms with Crippen LogP contribution in [0.2, 0.25) is 0 Å². The van der Waals surface area contributed by atoms with Crippen molar-refractivity contribution < 1.29 is 76.6 Å². The van der Waals surface area contributed by atoms with Gasteiger partial charge in [-0.25, -0.2) is 14.4 Å². The van der Waals surface area contributed by atoms with Crippen LogP contribution >= 0.6 is 11.8 Å². The maximum Gasteiger partial charge on any atom is 0.509 e. The van der Waals surface area contributed by atoms with E-state index in [9.17, 15) is 29.1 Å². The van der Waals surface area contributed by atoms with Crippen LogP contribution in [0.5, 0.6) is 0 Å². The normalized spacial score (nSPS) is 29.4. The number of Topliss-reactive ketones (excluding diaryl/α,β-unsaturated/α-hetero) is 1. The smallest absolute Gasteiger partial charge is 0.455 e. The maximum atomic E-state index is 16.1. The molecule has 3 fully saturated rings. The van der Waals surface area contributed by atoms with E-state index in [4.69, 9.17) is 37.9 Å². The molecular weight excluding hydrogens is 929 g/mol. The van der Waals surface area contributed by atoms with Crippen LogP contribution in [0.25, 0.3) is 0 Å². The number of carbonyl (C=O) groups is 7. The Morgan fingerprint density at radius 1 is 0.900 bits per heavy atom. The van der Waals surface area contributed by atoms with Crippen molar-refractivity contribution in [3.8, 4) is 0 Å². The molecule has 2 bridgehead atoms. The average Bonchev–Trinajstić information content (AvgIpc) is 3.32. The Bertz CT molecular complexity index is 2500. The minimum atomic E-state index is -2.41.